The molecule has 1 rings (SSSR count). The van der Waals surface area contributed by atoms with E-state index in [0.717, 1.165) is 24.8 Å². The van der Waals surface area contributed by atoms with Gasteiger partial charge < -0.3 is 10.4 Å². The van der Waals surface area contributed by atoms with E-state index in [1.165, 1.54) is 12.8 Å². The summed E-state index contributed by atoms with van der Waals surface area (Å²) in [6.07, 6.45) is 3.49. The van der Waals surface area contributed by atoms with Gasteiger partial charge in [-0.15, -0.1) is 0 Å². The molecule has 0 saturated heterocycles. The molecule has 2 N–H and O–H groups in total. The van der Waals surface area contributed by atoms with E-state index in [2.05, 4.69) is 19.2 Å². The Balaban J connectivity index is 2.19. The average molecular weight is 199 g/mol. The Hall–Kier alpha value is -0.0800. The fraction of sp³-hybridized carbons (Fsp3) is 1.00. The minimum atomic E-state index is -0.527. The molecule has 84 valence electrons. The molecule has 14 heavy (non-hydrogen) atoms. The predicted molar refractivity (Wildman–Crippen MR) is 60.3 cm³/mol. The van der Waals surface area contributed by atoms with Crippen LogP contribution in [0.4, 0.5) is 0 Å². The maximum Gasteiger partial charge on any atom is 0.0603 e. The van der Waals surface area contributed by atoms with Gasteiger partial charge >= 0.3 is 0 Å². The third kappa shape index (κ3) is 3.58. The molecule has 0 radical (unpaired) electrons. The highest BCUT2D eigenvalue weighted by atomic mass is 16.3. The second-order valence-electron chi connectivity index (χ2n) is 5.54. The molecule has 3 unspecified atom stereocenters. The highest BCUT2D eigenvalue weighted by Gasteiger charge is 2.29. The van der Waals surface area contributed by atoms with Crippen LogP contribution in [0.5, 0.6) is 0 Å². The molecule has 0 spiro atoms. The van der Waals surface area contributed by atoms with Crippen molar-refractivity contribution < 1.29 is 5.11 Å². The van der Waals surface area contributed by atoms with Crippen molar-refractivity contribution in [2.75, 3.05) is 6.54 Å². The topological polar surface area (TPSA) is 32.3 Å². The van der Waals surface area contributed by atoms with Crippen LogP contribution in [0.1, 0.15) is 47.0 Å². The molecule has 3 atom stereocenters. The molecular formula is C12H25NO. The zero-order valence-corrected chi connectivity index (χ0v) is 10.0. The lowest BCUT2D eigenvalue weighted by Gasteiger charge is -2.22. The zero-order chi connectivity index (χ0) is 10.8. The van der Waals surface area contributed by atoms with Crippen LogP contribution in [0.25, 0.3) is 0 Å². The van der Waals surface area contributed by atoms with E-state index in [0.29, 0.717) is 6.04 Å². The summed E-state index contributed by atoms with van der Waals surface area (Å²) in [6, 6.07) is 0.673. The minimum absolute atomic E-state index is 0.527. The Labute approximate surface area is 88.1 Å². The molecule has 0 bridgehead atoms. The lowest BCUT2D eigenvalue weighted by Crippen LogP contribution is -2.36. The first-order chi connectivity index (χ1) is 6.40. The van der Waals surface area contributed by atoms with Gasteiger partial charge in [0.25, 0.3) is 0 Å². The molecule has 0 amide bonds. The van der Waals surface area contributed by atoms with Gasteiger partial charge in [0, 0.05) is 6.04 Å². The lowest BCUT2D eigenvalue weighted by atomic mass is 9.97. The zero-order valence-electron chi connectivity index (χ0n) is 10.0. The standard InChI is InChI=1S/C12H25NO/c1-9-5-6-11(10(9)2)13-8-7-12(3,4)14/h9-11,13-14H,5-8H2,1-4H3. The third-order valence-electron chi connectivity index (χ3n) is 3.61. The fourth-order valence-corrected chi connectivity index (χ4v) is 2.22. The smallest absolute Gasteiger partial charge is 0.0603 e. The average Bonchev–Trinajstić information content (AvgIpc) is 2.33. The summed E-state index contributed by atoms with van der Waals surface area (Å²) < 4.78 is 0. The van der Waals surface area contributed by atoms with E-state index in [1.54, 1.807) is 0 Å². The second-order valence-corrected chi connectivity index (χ2v) is 5.54. The molecule has 0 aliphatic heterocycles. The first kappa shape index (κ1) is 12.0. The van der Waals surface area contributed by atoms with Crippen molar-refractivity contribution in [3.05, 3.63) is 0 Å². The Morgan fingerprint density at radius 2 is 1.93 bits per heavy atom. The van der Waals surface area contributed by atoms with Crippen molar-refractivity contribution in [1.29, 1.82) is 0 Å². The summed E-state index contributed by atoms with van der Waals surface area (Å²) in [6.45, 7) is 9.34. The van der Waals surface area contributed by atoms with Crippen molar-refractivity contribution >= 4 is 0 Å². The first-order valence-electron chi connectivity index (χ1n) is 5.86. The van der Waals surface area contributed by atoms with E-state index in [1.807, 2.05) is 13.8 Å². The van der Waals surface area contributed by atoms with Crippen LogP contribution in [0.3, 0.4) is 0 Å². The molecule has 1 fully saturated rings. The highest BCUT2D eigenvalue weighted by Crippen LogP contribution is 2.31. The summed E-state index contributed by atoms with van der Waals surface area (Å²) in [5.41, 5.74) is -0.527. The van der Waals surface area contributed by atoms with E-state index in [-0.39, 0.29) is 0 Å². The van der Waals surface area contributed by atoms with E-state index in [9.17, 15) is 5.11 Å². The van der Waals surface area contributed by atoms with E-state index in [4.69, 9.17) is 0 Å². The molecule has 0 aromatic rings. The molecule has 1 aliphatic carbocycles. The SMILES string of the molecule is CC1CCC(NCCC(C)(C)O)C1C. The van der Waals surface area contributed by atoms with Crippen LogP contribution in [0, 0.1) is 11.8 Å². The predicted octanol–water partition coefficient (Wildman–Crippen LogP) is 2.17. The monoisotopic (exact) mass is 199 g/mol. The third-order valence-corrected chi connectivity index (χ3v) is 3.61. The fourth-order valence-electron chi connectivity index (χ4n) is 2.22. The minimum Gasteiger partial charge on any atom is -0.390 e. The highest BCUT2D eigenvalue weighted by molar-refractivity contribution is 4.85. The quantitative estimate of drug-likeness (QED) is 0.727. The molecular weight excluding hydrogens is 174 g/mol. The number of hydrogen-bond acceptors (Lipinski definition) is 2. The molecule has 2 heteroatoms. The van der Waals surface area contributed by atoms with Gasteiger partial charge in [0.1, 0.15) is 0 Å². The van der Waals surface area contributed by atoms with Gasteiger partial charge in [0.15, 0.2) is 0 Å². The Kier molecular flexibility index (Phi) is 3.96. The molecule has 1 saturated carbocycles. The largest absolute Gasteiger partial charge is 0.390 e. The van der Waals surface area contributed by atoms with Gasteiger partial charge in [-0.2, -0.15) is 0 Å². The van der Waals surface area contributed by atoms with Crippen LogP contribution in [-0.2, 0) is 0 Å². The van der Waals surface area contributed by atoms with Crippen molar-refractivity contribution in [2.24, 2.45) is 11.8 Å². The van der Waals surface area contributed by atoms with Crippen molar-refractivity contribution in [2.45, 2.75) is 58.6 Å². The number of hydrogen-bond donors (Lipinski definition) is 2. The molecule has 0 heterocycles. The van der Waals surface area contributed by atoms with Crippen LogP contribution >= 0.6 is 0 Å². The van der Waals surface area contributed by atoms with Crippen LogP contribution in [-0.4, -0.2) is 23.3 Å². The van der Waals surface area contributed by atoms with Crippen LogP contribution < -0.4 is 5.32 Å². The van der Waals surface area contributed by atoms with Crippen LogP contribution in [0.2, 0.25) is 0 Å². The molecule has 0 aromatic heterocycles. The number of rotatable bonds is 4. The summed E-state index contributed by atoms with van der Waals surface area (Å²) in [4.78, 5) is 0. The van der Waals surface area contributed by atoms with Gasteiger partial charge in [0.2, 0.25) is 0 Å². The maximum atomic E-state index is 9.57. The normalized spacial score (nSPS) is 33.6. The van der Waals surface area contributed by atoms with Crippen molar-refractivity contribution in [3.8, 4) is 0 Å². The van der Waals surface area contributed by atoms with E-state index < -0.39 is 5.60 Å². The van der Waals surface area contributed by atoms with Gasteiger partial charge in [-0.1, -0.05) is 13.8 Å². The lowest BCUT2D eigenvalue weighted by molar-refractivity contribution is 0.0699. The summed E-state index contributed by atoms with van der Waals surface area (Å²) >= 11 is 0. The Morgan fingerprint density at radius 3 is 2.36 bits per heavy atom. The second kappa shape index (κ2) is 4.63. The van der Waals surface area contributed by atoms with Gasteiger partial charge in [0.05, 0.1) is 5.60 Å². The maximum absolute atomic E-state index is 9.57. The molecule has 0 aromatic carbocycles. The number of nitrogens with one attached hydrogen (secondary N) is 1. The van der Waals surface area contributed by atoms with Gasteiger partial charge in [-0.05, 0) is 51.5 Å². The van der Waals surface area contributed by atoms with Gasteiger partial charge in [-0.25, -0.2) is 0 Å². The van der Waals surface area contributed by atoms with E-state index >= 15 is 0 Å². The first-order valence-corrected chi connectivity index (χ1v) is 5.86. The Bertz CT molecular complexity index is 174. The summed E-state index contributed by atoms with van der Waals surface area (Å²) in [5.74, 6) is 1.64. The molecule has 2 nitrogen and oxygen atoms in total. The molecule has 1 aliphatic rings. The Morgan fingerprint density at radius 1 is 1.29 bits per heavy atom. The van der Waals surface area contributed by atoms with Crippen molar-refractivity contribution in [3.63, 3.8) is 0 Å². The number of aliphatic hydroxyl groups is 1. The van der Waals surface area contributed by atoms with Crippen LogP contribution in [0.15, 0.2) is 0 Å². The summed E-state index contributed by atoms with van der Waals surface area (Å²) in [5, 5.41) is 13.1. The van der Waals surface area contributed by atoms with Crippen molar-refractivity contribution in [1.82, 2.24) is 5.32 Å². The van der Waals surface area contributed by atoms with Gasteiger partial charge in [-0.3, -0.25) is 0 Å². The summed E-state index contributed by atoms with van der Waals surface area (Å²) in [7, 11) is 0.